The van der Waals surface area contributed by atoms with Crippen molar-refractivity contribution in [3.8, 4) is 12.3 Å². The quantitative estimate of drug-likeness (QED) is 0.647. The second-order valence-corrected chi connectivity index (χ2v) is 9.14. The van der Waals surface area contributed by atoms with Crippen LogP contribution in [0.4, 0.5) is 23.8 Å². The molecule has 0 atom stereocenters. The van der Waals surface area contributed by atoms with Gasteiger partial charge in [0.15, 0.2) is 0 Å². The van der Waals surface area contributed by atoms with Crippen molar-refractivity contribution in [2.45, 2.75) is 39.1 Å². The number of piperazine rings is 1. The maximum absolute atomic E-state index is 13.8. The van der Waals surface area contributed by atoms with Gasteiger partial charge in [-0.1, -0.05) is 12.0 Å². The number of amides is 2. The van der Waals surface area contributed by atoms with Crippen LogP contribution in [0.3, 0.4) is 0 Å². The summed E-state index contributed by atoms with van der Waals surface area (Å²) in [5.41, 5.74) is -1.13. The molecule has 0 aliphatic carbocycles. The predicted octanol–water partition coefficient (Wildman–Crippen LogP) is 4.39. The zero-order valence-corrected chi connectivity index (χ0v) is 19.8. The number of carbonyl (C=O) groups excluding carboxylic acids is 2. The van der Waals surface area contributed by atoms with E-state index in [1.165, 1.54) is 24.4 Å². The molecule has 2 heterocycles. The zero-order valence-electron chi connectivity index (χ0n) is 19.8. The van der Waals surface area contributed by atoms with Crippen molar-refractivity contribution in [1.82, 2.24) is 14.8 Å². The lowest BCUT2D eigenvalue weighted by atomic mass is 10.0. The molecule has 1 N–H and O–H groups in total. The maximum atomic E-state index is 13.8. The number of halogens is 3. The molecule has 186 valence electrons. The van der Waals surface area contributed by atoms with E-state index in [0.29, 0.717) is 31.7 Å². The molecule has 3 rings (SSSR count). The number of benzene rings is 1. The zero-order chi connectivity index (χ0) is 25.8. The topological polar surface area (TPSA) is 74.8 Å². The lowest BCUT2D eigenvalue weighted by molar-refractivity contribution is -0.138. The fourth-order valence-electron chi connectivity index (χ4n) is 3.55. The molecule has 2 amide bonds. The molecule has 1 fully saturated rings. The minimum absolute atomic E-state index is 0.0324. The van der Waals surface area contributed by atoms with Crippen molar-refractivity contribution in [3.63, 3.8) is 0 Å². The van der Waals surface area contributed by atoms with E-state index >= 15 is 0 Å². The van der Waals surface area contributed by atoms with E-state index < -0.39 is 29.3 Å². The summed E-state index contributed by atoms with van der Waals surface area (Å²) in [5.74, 6) is 1.82. The van der Waals surface area contributed by atoms with Crippen LogP contribution in [0.1, 0.15) is 47.8 Å². The number of hydrogen-bond donors (Lipinski definition) is 1. The number of hydrogen-bond acceptors (Lipinski definition) is 5. The van der Waals surface area contributed by atoms with Crippen LogP contribution in [0.5, 0.6) is 0 Å². The van der Waals surface area contributed by atoms with Crippen molar-refractivity contribution in [3.05, 3.63) is 58.8 Å². The van der Waals surface area contributed by atoms with E-state index in [1.54, 1.807) is 31.7 Å². The van der Waals surface area contributed by atoms with E-state index in [-0.39, 0.29) is 23.5 Å². The summed E-state index contributed by atoms with van der Waals surface area (Å²) in [4.78, 5) is 32.1. The molecule has 1 aromatic heterocycles. The summed E-state index contributed by atoms with van der Waals surface area (Å²) in [6.45, 7) is 6.84. The first kappa shape index (κ1) is 26.0. The Kier molecular flexibility index (Phi) is 7.70. The Hall–Kier alpha value is -3.58. The molecule has 1 aliphatic heterocycles. The Morgan fingerprint density at radius 1 is 1.11 bits per heavy atom. The van der Waals surface area contributed by atoms with Crippen molar-refractivity contribution in [2.24, 2.45) is 0 Å². The third kappa shape index (κ3) is 7.20. The molecule has 2 aromatic rings. The van der Waals surface area contributed by atoms with Gasteiger partial charge in [0.05, 0.1) is 5.56 Å². The Morgan fingerprint density at radius 3 is 2.40 bits per heavy atom. The van der Waals surface area contributed by atoms with Gasteiger partial charge in [0.2, 0.25) is 0 Å². The Labute approximate surface area is 202 Å². The molecular formula is C25H27F3N4O3. The van der Waals surface area contributed by atoms with Crippen molar-refractivity contribution in [1.29, 1.82) is 0 Å². The van der Waals surface area contributed by atoms with Crippen LogP contribution in [0.15, 0.2) is 36.5 Å². The third-order valence-corrected chi connectivity index (χ3v) is 5.26. The first-order valence-electron chi connectivity index (χ1n) is 11.0. The van der Waals surface area contributed by atoms with Gasteiger partial charge in [0, 0.05) is 50.0 Å². The molecule has 1 saturated heterocycles. The summed E-state index contributed by atoms with van der Waals surface area (Å²) in [6, 6.07) is 6.52. The smallest absolute Gasteiger partial charge is 0.416 e. The van der Waals surface area contributed by atoms with Gasteiger partial charge in [-0.3, -0.25) is 9.69 Å². The SMILES string of the molecule is C#Cc1ccnc(NC(=O)c2ccc(CN3CCN(C(=O)OC(C)(C)C)CC3)c(C(F)(F)F)c2)c1. The van der Waals surface area contributed by atoms with E-state index in [9.17, 15) is 22.8 Å². The van der Waals surface area contributed by atoms with Crippen LogP contribution < -0.4 is 5.32 Å². The van der Waals surface area contributed by atoms with E-state index in [4.69, 9.17) is 11.2 Å². The summed E-state index contributed by atoms with van der Waals surface area (Å²) in [7, 11) is 0. The molecule has 0 unspecified atom stereocenters. The average Bonchev–Trinajstić information content (AvgIpc) is 2.78. The number of anilines is 1. The van der Waals surface area contributed by atoms with Crippen LogP contribution in [-0.2, 0) is 17.5 Å². The molecule has 0 spiro atoms. The number of terminal acetylenes is 1. The third-order valence-electron chi connectivity index (χ3n) is 5.26. The summed E-state index contributed by atoms with van der Waals surface area (Å²) in [6.07, 6.45) is 1.64. The molecule has 7 nitrogen and oxygen atoms in total. The number of nitrogens with one attached hydrogen (secondary N) is 1. The number of carbonyl (C=O) groups is 2. The maximum Gasteiger partial charge on any atom is 0.416 e. The predicted molar refractivity (Wildman–Crippen MR) is 125 cm³/mol. The first-order chi connectivity index (χ1) is 16.4. The van der Waals surface area contributed by atoms with Crippen LogP contribution >= 0.6 is 0 Å². The van der Waals surface area contributed by atoms with E-state index in [2.05, 4.69) is 16.2 Å². The Bertz CT molecular complexity index is 1130. The highest BCUT2D eigenvalue weighted by Gasteiger charge is 2.35. The van der Waals surface area contributed by atoms with Gasteiger partial charge in [0.1, 0.15) is 11.4 Å². The van der Waals surface area contributed by atoms with E-state index in [1.807, 2.05) is 4.90 Å². The van der Waals surface area contributed by atoms with Crippen LogP contribution in [0, 0.1) is 12.3 Å². The van der Waals surface area contributed by atoms with Crippen molar-refractivity contribution in [2.75, 3.05) is 31.5 Å². The van der Waals surface area contributed by atoms with Gasteiger partial charge in [-0.2, -0.15) is 13.2 Å². The van der Waals surface area contributed by atoms with Crippen LogP contribution in [0.25, 0.3) is 0 Å². The van der Waals surface area contributed by atoms with Crippen molar-refractivity contribution >= 4 is 17.8 Å². The minimum atomic E-state index is -4.65. The molecule has 1 aromatic carbocycles. The minimum Gasteiger partial charge on any atom is -0.444 e. The molecule has 0 bridgehead atoms. The Balaban J connectivity index is 1.70. The lowest BCUT2D eigenvalue weighted by Gasteiger charge is -2.35. The highest BCUT2D eigenvalue weighted by atomic mass is 19.4. The molecule has 35 heavy (non-hydrogen) atoms. The Morgan fingerprint density at radius 2 is 1.80 bits per heavy atom. The monoisotopic (exact) mass is 488 g/mol. The number of rotatable bonds is 4. The highest BCUT2D eigenvalue weighted by molar-refractivity contribution is 6.04. The molecule has 10 heteroatoms. The summed E-state index contributed by atoms with van der Waals surface area (Å²) < 4.78 is 46.9. The number of pyridine rings is 1. The standard InChI is InChI=1S/C25H27F3N4O3/c1-5-17-8-9-29-21(14-17)30-22(33)18-6-7-19(20(15-18)25(26,27)28)16-31-10-12-32(13-11-31)23(34)35-24(2,3)4/h1,6-9,14-15H,10-13,16H2,2-4H3,(H,29,30,33). The first-order valence-corrected chi connectivity index (χ1v) is 11.0. The second-order valence-electron chi connectivity index (χ2n) is 9.14. The van der Waals surface area contributed by atoms with Gasteiger partial charge in [0.25, 0.3) is 5.91 Å². The highest BCUT2D eigenvalue weighted by Crippen LogP contribution is 2.33. The van der Waals surface area contributed by atoms with Crippen LogP contribution in [-0.4, -0.2) is 58.6 Å². The number of nitrogens with zero attached hydrogens (tertiary/aromatic N) is 3. The fraction of sp³-hybridized carbons (Fsp3) is 0.400. The summed E-state index contributed by atoms with van der Waals surface area (Å²) in [5, 5.41) is 2.47. The van der Waals surface area contributed by atoms with Gasteiger partial charge in [-0.25, -0.2) is 9.78 Å². The largest absolute Gasteiger partial charge is 0.444 e. The van der Waals surface area contributed by atoms with Crippen LogP contribution in [0.2, 0.25) is 0 Å². The van der Waals surface area contributed by atoms with Gasteiger partial charge < -0.3 is 15.0 Å². The second kappa shape index (κ2) is 10.4. The van der Waals surface area contributed by atoms with Gasteiger partial charge in [-0.15, -0.1) is 6.42 Å². The molecule has 1 aliphatic rings. The van der Waals surface area contributed by atoms with Gasteiger partial charge in [-0.05, 0) is 50.6 Å². The molecular weight excluding hydrogens is 461 g/mol. The fourth-order valence-corrected chi connectivity index (χ4v) is 3.55. The lowest BCUT2D eigenvalue weighted by Crippen LogP contribution is -2.49. The van der Waals surface area contributed by atoms with E-state index in [0.717, 1.165) is 6.07 Å². The van der Waals surface area contributed by atoms with Gasteiger partial charge >= 0.3 is 12.3 Å². The summed E-state index contributed by atoms with van der Waals surface area (Å²) >= 11 is 0. The number of alkyl halides is 3. The molecule has 0 saturated carbocycles. The van der Waals surface area contributed by atoms with Crippen molar-refractivity contribution < 1.29 is 27.5 Å². The average molecular weight is 489 g/mol. The molecule has 0 radical (unpaired) electrons. The normalized spacial score (nSPS) is 14.8. The number of ether oxygens (including phenoxy) is 1. The number of aromatic nitrogens is 1.